The predicted octanol–water partition coefficient (Wildman–Crippen LogP) is 5.19. The van der Waals surface area contributed by atoms with E-state index in [0.717, 1.165) is 5.56 Å². The van der Waals surface area contributed by atoms with Crippen LogP contribution in [-0.4, -0.2) is 28.2 Å². The molecule has 0 unspecified atom stereocenters. The van der Waals surface area contributed by atoms with Gasteiger partial charge in [-0.25, -0.2) is 5.10 Å². The van der Waals surface area contributed by atoms with Crippen LogP contribution in [0.1, 0.15) is 17.0 Å². The lowest BCUT2D eigenvalue weighted by Gasteiger charge is -2.13. The second kappa shape index (κ2) is 8.78. The molecule has 0 saturated heterocycles. The van der Waals surface area contributed by atoms with Crippen molar-refractivity contribution in [2.45, 2.75) is 12.8 Å². The average molecular weight is 487 g/mol. The molecule has 0 radical (unpaired) electrons. The molecule has 0 saturated carbocycles. The summed E-state index contributed by atoms with van der Waals surface area (Å²) in [6, 6.07) is 12.8. The van der Waals surface area contributed by atoms with Gasteiger partial charge in [-0.3, -0.25) is 0 Å². The van der Waals surface area contributed by atoms with Crippen LogP contribution in [-0.2, 0) is 12.8 Å². The molecule has 1 N–H and O–H groups in total. The monoisotopic (exact) mass is 486 g/mol. The molecular weight excluding hydrogens is 473 g/mol. The largest absolute Gasteiger partial charge is 0.493 e. The van der Waals surface area contributed by atoms with E-state index < -0.39 is 12.0 Å². The van der Waals surface area contributed by atoms with Gasteiger partial charge in [-0.15, -0.1) is 5.10 Å². The van der Waals surface area contributed by atoms with Gasteiger partial charge >= 0.3 is 6.18 Å². The van der Waals surface area contributed by atoms with Gasteiger partial charge in [-0.2, -0.15) is 22.9 Å². The molecule has 0 aliphatic heterocycles. The summed E-state index contributed by atoms with van der Waals surface area (Å²) in [5, 5.41) is 9.05. The second-order valence-electron chi connectivity index (χ2n) is 5.71. The van der Waals surface area contributed by atoms with E-state index in [0.29, 0.717) is 32.8 Å². The van der Waals surface area contributed by atoms with Crippen molar-refractivity contribution in [3.8, 4) is 11.5 Å². The quantitative estimate of drug-likeness (QED) is 0.384. The number of aromatic amines is 1. The highest BCUT2D eigenvalue weighted by atomic mass is 79.9. The van der Waals surface area contributed by atoms with Gasteiger partial charge in [0.05, 0.1) is 17.8 Å². The van der Waals surface area contributed by atoms with Gasteiger partial charge in [-0.1, -0.05) is 30.3 Å². The Balaban J connectivity index is 1.87. The smallest absolute Gasteiger partial charge is 0.453 e. The first kappa shape index (κ1) is 21.1. The number of nitrogens with one attached hydrogen (secondary N) is 1. The van der Waals surface area contributed by atoms with Crippen molar-refractivity contribution in [2.24, 2.45) is 5.10 Å². The van der Waals surface area contributed by atoms with E-state index in [1.807, 2.05) is 30.3 Å². The average Bonchev–Trinajstić information content (AvgIpc) is 3.06. The third-order valence-electron chi connectivity index (χ3n) is 3.70. The van der Waals surface area contributed by atoms with Crippen LogP contribution in [0, 0.1) is 4.77 Å². The van der Waals surface area contributed by atoms with Gasteiger partial charge in [0.2, 0.25) is 4.77 Å². The molecule has 0 aliphatic carbocycles. The molecule has 0 atom stereocenters. The Labute approximate surface area is 177 Å². The van der Waals surface area contributed by atoms with Crippen LogP contribution >= 0.6 is 28.1 Å². The maximum absolute atomic E-state index is 13.0. The Bertz CT molecular complexity index is 1080. The zero-order valence-corrected chi connectivity index (χ0v) is 17.3. The van der Waals surface area contributed by atoms with Crippen molar-refractivity contribution in [3.05, 3.63) is 68.7 Å². The number of hydrogen-bond donors (Lipinski definition) is 1. The minimum atomic E-state index is -4.70. The minimum Gasteiger partial charge on any atom is -0.493 e. The van der Waals surface area contributed by atoms with Gasteiger partial charge in [-0.05, 0) is 51.4 Å². The van der Waals surface area contributed by atoms with Gasteiger partial charge < -0.3 is 9.47 Å². The van der Waals surface area contributed by atoms with Crippen molar-refractivity contribution in [3.63, 3.8) is 0 Å². The third kappa shape index (κ3) is 5.04. The summed E-state index contributed by atoms with van der Waals surface area (Å²) >= 11 is 8.21. The molecule has 0 fully saturated rings. The standard InChI is InChI=1S/C18H14BrF3N4O2S/c1-27-14-8-12(9-23-26-16(18(20,21)22)24-25-17(26)29)7-13(19)15(14)28-10-11-5-3-2-4-6-11/h2-9H,10H2,1H3,(H,25,29)/b23-9-. The first-order chi connectivity index (χ1) is 13.8. The Morgan fingerprint density at radius 2 is 2.00 bits per heavy atom. The van der Waals surface area contributed by atoms with E-state index in [1.165, 1.54) is 13.3 Å². The minimum absolute atomic E-state index is 0.276. The fourth-order valence-electron chi connectivity index (χ4n) is 2.39. The SMILES string of the molecule is COc1cc(/C=N\n2c(C(F)(F)F)n[nH]c2=S)cc(Br)c1OCc1ccccc1. The number of H-pyrrole nitrogens is 1. The Morgan fingerprint density at radius 1 is 1.28 bits per heavy atom. The number of benzene rings is 2. The summed E-state index contributed by atoms with van der Waals surface area (Å²) < 4.78 is 50.9. The van der Waals surface area contributed by atoms with Crippen molar-refractivity contribution < 1.29 is 22.6 Å². The summed E-state index contributed by atoms with van der Waals surface area (Å²) in [4.78, 5) is 0. The molecule has 0 bridgehead atoms. The number of rotatable bonds is 6. The van der Waals surface area contributed by atoms with Crippen LogP contribution in [0.4, 0.5) is 13.2 Å². The molecule has 0 spiro atoms. The molecule has 6 nitrogen and oxygen atoms in total. The van der Waals surface area contributed by atoms with Gasteiger partial charge in [0.1, 0.15) is 6.61 Å². The molecule has 3 aromatic rings. The number of ether oxygens (including phenoxy) is 2. The molecule has 1 aromatic heterocycles. The van der Waals surface area contributed by atoms with Crippen LogP contribution < -0.4 is 9.47 Å². The molecule has 29 heavy (non-hydrogen) atoms. The van der Waals surface area contributed by atoms with Gasteiger partial charge in [0.25, 0.3) is 5.82 Å². The molecule has 1 heterocycles. The van der Waals surface area contributed by atoms with E-state index in [1.54, 1.807) is 12.1 Å². The first-order valence-electron chi connectivity index (χ1n) is 8.13. The van der Waals surface area contributed by atoms with Crippen molar-refractivity contribution in [1.82, 2.24) is 14.9 Å². The van der Waals surface area contributed by atoms with E-state index >= 15 is 0 Å². The topological polar surface area (TPSA) is 64.4 Å². The summed E-state index contributed by atoms with van der Waals surface area (Å²) in [6.07, 6.45) is -3.48. The zero-order chi connectivity index (χ0) is 21.0. The van der Waals surface area contributed by atoms with E-state index in [4.69, 9.17) is 21.7 Å². The molecule has 2 aromatic carbocycles. The molecule has 152 valence electrons. The highest BCUT2D eigenvalue weighted by molar-refractivity contribution is 9.10. The molecule has 0 aliphatic rings. The number of methoxy groups -OCH3 is 1. The number of aromatic nitrogens is 3. The zero-order valence-electron chi connectivity index (χ0n) is 14.9. The van der Waals surface area contributed by atoms with Crippen LogP contribution in [0.15, 0.2) is 52.0 Å². The Hall–Kier alpha value is -2.66. The lowest BCUT2D eigenvalue weighted by Crippen LogP contribution is -2.12. The third-order valence-corrected chi connectivity index (χ3v) is 4.56. The lowest BCUT2D eigenvalue weighted by atomic mass is 10.2. The van der Waals surface area contributed by atoms with Crippen molar-refractivity contribution >= 4 is 34.4 Å². The number of hydrogen-bond acceptors (Lipinski definition) is 5. The summed E-state index contributed by atoms with van der Waals surface area (Å²) in [5.74, 6) is -0.388. The first-order valence-corrected chi connectivity index (χ1v) is 9.33. The normalized spacial score (nSPS) is 11.8. The Kier molecular flexibility index (Phi) is 6.38. The molecule has 3 rings (SSSR count). The Morgan fingerprint density at radius 3 is 2.66 bits per heavy atom. The van der Waals surface area contributed by atoms with Gasteiger partial charge in [0.15, 0.2) is 11.5 Å². The van der Waals surface area contributed by atoms with E-state index in [9.17, 15) is 13.2 Å². The van der Waals surface area contributed by atoms with Crippen LogP contribution in [0.5, 0.6) is 11.5 Å². The highest BCUT2D eigenvalue weighted by Gasteiger charge is 2.37. The molecule has 11 heteroatoms. The van der Waals surface area contributed by atoms with Crippen LogP contribution in [0.3, 0.4) is 0 Å². The number of nitrogens with zero attached hydrogens (tertiary/aromatic N) is 3. The van der Waals surface area contributed by atoms with E-state index in [-0.39, 0.29) is 4.77 Å². The number of halogens is 4. The van der Waals surface area contributed by atoms with Crippen molar-refractivity contribution in [2.75, 3.05) is 7.11 Å². The second-order valence-corrected chi connectivity index (χ2v) is 6.96. The van der Waals surface area contributed by atoms with Gasteiger partial charge in [0, 0.05) is 0 Å². The molecule has 0 amide bonds. The summed E-state index contributed by atoms with van der Waals surface area (Å²) in [7, 11) is 1.46. The van der Waals surface area contributed by atoms with Crippen LogP contribution in [0.2, 0.25) is 0 Å². The predicted molar refractivity (Wildman–Crippen MR) is 107 cm³/mol. The summed E-state index contributed by atoms with van der Waals surface area (Å²) in [5.41, 5.74) is 1.44. The lowest BCUT2D eigenvalue weighted by molar-refractivity contribution is -0.147. The maximum atomic E-state index is 13.0. The fraction of sp³-hybridized carbons (Fsp3) is 0.167. The highest BCUT2D eigenvalue weighted by Crippen LogP contribution is 2.37. The summed E-state index contributed by atoms with van der Waals surface area (Å²) in [6.45, 7) is 0.322. The van der Waals surface area contributed by atoms with Crippen molar-refractivity contribution in [1.29, 1.82) is 0 Å². The van der Waals surface area contributed by atoms with Crippen LogP contribution in [0.25, 0.3) is 0 Å². The van der Waals surface area contributed by atoms with E-state index in [2.05, 4.69) is 31.2 Å². The maximum Gasteiger partial charge on any atom is 0.453 e. The number of alkyl halides is 3. The molecular formula is C18H14BrF3N4O2S. The fourth-order valence-corrected chi connectivity index (χ4v) is 3.14.